The maximum Gasteiger partial charge on any atom is -0.0146 e. The van der Waals surface area contributed by atoms with Gasteiger partial charge in [0.1, 0.15) is 0 Å². The quantitative estimate of drug-likeness (QED) is 0.458. The van der Waals surface area contributed by atoms with Crippen LogP contribution < -0.4 is 0 Å². The van der Waals surface area contributed by atoms with Gasteiger partial charge in [-0.2, -0.15) is 0 Å². The molecule has 0 bridgehead atoms. The molecule has 0 spiro atoms. The topological polar surface area (TPSA) is 0 Å². The first-order valence-corrected chi connectivity index (χ1v) is 1.70. The van der Waals surface area contributed by atoms with E-state index in [1.165, 1.54) is 6.08 Å². The molecule has 0 atom stereocenters. The minimum atomic E-state index is 0.819. The molecule has 0 rings (SSSR count). The third-order valence-corrected chi connectivity index (χ3v) is 0.348. The Hall–Kier alpha value is -0.260. The number of unbranched alkanes of at least 4 members (excludes halogenated alkanes) is 1. The van der Waals surface area contributed by atoms with Gasteiger partial charge < -0.3 is 0 Å². The molecule has 0 nitrogen and oxygen atoms in total. The van der Waals surface area contributed by atoms with Crippen LogP contribution in [0.2, 0.25) is 0 Å². The largest absolute Gasteiger partial charge is 0.0760 e. The first-order valence-electron chi connectivity index (χ1n) is 1.70. The summed E-state index contributed by atoms with van der Waals surface area (Å²) in [4.78, 5) is 0. The van der Waals surface area contributed by atoms with Crippen LogP contribution in [0.3, 0.4) is 0 Å². The van der Waals surface area contributed by atoms with E-state index in [1.54, 1.807) is 0 Å². The summed E-state index contributed by atoms with van der Waals surface area (Å²) in [5, 5.41) is 0. The van der Waals surface area contributed by atoms with Gasteiger partial charge in [-0.15, -0.1) is 0 Å². The Balaban J connectivity index is 2.40. The summed E-state index contributed by atoms with van der Waals surface area (Å²) in [5.41, 5.74) is 0. The molecule has 0 aromatic rings. The molecular formula is C5H7. The molecule has 0 aromatic heterocycles. The predicted molar refractivity (Wildman–Crippen MR) is 22.4 cm³/mol. The Kier molecular flexibility index (Phi) is 3.55. The minimum absolute atomic E-state index is 0.819. The van der Waals surface area contributed by atoms with Crippen molar-refractivity contribution in [2.45, 2.75) is 12.8 Å². The van der Waals surface area contributed by atoms with Gasteiger partial charge in [0.25, 0.3) is 0 Å². The van der Waals surface area contributed by atoms with Crippen LogP contribution in [0.5, 0.6) is 0 Å². The average Bonchev–Trinajstić information content (AvgIpc) is 1.41. The molecule has 5 heavy (non-hydrogen) atoms. The van der Waals surface area contributed by atoms with Crippen molar-refractivity contribution in [3.8, 4) is 0 Å². The van der Waals surface area contributed by atoms with Crippen molar-refractivity contribution >= 4 is 0 Å². The highest BCUT2D eigenvalue weighted by Crippen LogP contribution is 1.81. The monoisotopic (exact) mass is 67.1 g/mol. The molecule has 0 unspecified atom stereocenters. The fraction of sp³-hybridized carbons (Fsp3) is 0.400. The lowest BCUT2D eigenvalue weighted by atomic mass is 10.3. The van der Waals surface area contributed by atoms with Crippen molar-refractivity contribution in [3.05, 3.63) is 19.6 Å². The maximum absolute atomic E-state index is 6.44. The molecule has 0 aliphatic rings. The van der Waals surface area contributed by atoms with Crippen LogP contribution >= 0.6 is 0 Å². The predicted octanol–water partition coefficient (Wildman–Crippen LogP) is 1.47. The van der Waals surface area contributed by atoms with Gasteiger partial charge in [0.2, 0.25) is 0 Å². The Morgan fingerprint density at radius 2 is 2.40 bits per heavy atom. The molecule has 3 radical (unpaired) electrons. The summed E-state index contributed by atoms with van der Waals surface area (Å²) in [6, 6.07) is 0. The van der Waals surface area contributed by atoms with E-state index in [2.05, 4.69) is 6.92 Å². The first kappa shape index (κ1) is 4.74. The molecule has 0 saturated carbocycles. The summed E-state index contributed by atoms with van der Waals surface area (Å²) in [7, 11) is 0. The lowest BCUT2D eigenvalue weighted by molar-refractivity contribution is 1.05. The highest BCUT2D eigenvalue weighted by Gasteiger charge is 1.62. The van der Waals surface area contributed by atoms with E-state index in [0.29, 0.717) is 0 Å². The van der Waals surface area contributed by atoms with E-state index in [0.717, 1.165) is 12.8 Å². The van der Waals surface area contributed by atoms with Crippen LogP contribution in [0.25, 0.3) is 0 Å². The standard InChI is InChI=1S/C5H7/c1-3-5-4-2/h4H,1,3,5H2. The second kappa shape index (κ2) is 3.74. The van der Waals surface area contributed by atoms with E-state index in [9.17, 15) is 0 Å². The van der Waals surface area contributed by atoms with E-state index in [-0.39, 0.29) is 0 Å². The number of hydrogen-bond donors (Lipinski definition) is 0. The third kappa shape index (κ3) is 3.74. The summed E-state index contributed by atoms with van der Waals surface area (Å²) < 4.78 is 0. The fourth-order valence-corrected chi connectivity index (χ4v) is 0.102. The van der Waals surface area contributed by atoms with Crippen LogP contribution in [-0.4, -0.2) is 0 Å². The zero-order chi connectivity index (χ0) is 4.12. The van der Waals surface area contributed by atoms with Crippen LogP contribution in [0.1, 0.15) is 12.8 Å². The highest BCUT2D eigenvalue weighted by atomic mass is 13.7. The van der Waals surface area contributed by atoms with E-state index in [4.69, 9.17) is 6.58 Å². The molecule has 0 heteroatoms. The van der Waals surface area contributed by atoms with E-state index in [1.807, 2.05) is 0 Å². The molecule has 0 fully saturated rings. The number of allylic oxidation sites excluding steroid dienone is 1. The molecule has 0 amide bonds. The third-order valence-electron chi connectivity index (χ3n) is 0.348. The Bertz CT molecular complexity index is 21.2. The summed E-state index contributed by atoms with van der Waals surface area (Å²) in [6.45, 7) is 9.96. The van der Waals surface area contributed by atoms with Crippen molar-refractivity contribution in [1.29, 1.82) is 0 Å². The summed E-state index contributed by atoms with van der Waals surface area (Å²) >= 11 is 0. The summed E-state index contributed by atoms with van der Waals surface area (Å²) in [5.74, 6) is 0. The zero-order valence-corrected chi connectivity index (χ0v) is 3.20. The molecule has 27 valence electrons. The molecule has 0 heterocycles. The van der Waals surface area contributed by atoms with Gasteiger partial charge in [-0.05, 0) is 19.4 Å². The number of hydrogen-bond acceptors (Lipinski definition) is 0. The fourth-order valence-electron chi connectivity index (χ4n) is 0.102. The Labute approximate surface area is 33.5 Å². The normalized spacial score (nSPS) is 7.40. The van der Waals surface area contributed by atoms with Gasteiger partial charge in [-0.25, -0.2) is 0 Å². The van der Waals surface area contributed by atoms with Gasteiger partial charge in [0.05, 0.1) is 0 Å². The molecule has 0 aromatic carbocycles. The highest BCUT2D eigenvalue weighted by molar-refractivity contribution is 4.61. The Morgan fingerprint density at radius 3 is 2.40 bits per heavy atom. The van der Waals surface area contributed by atoms with Crippen molar-refractivity contribution in [1.82, 2.24) is 0 Å². The first-order chi connectivity index (χ1) is 2.41. The van der Waals surface area contributed by atoms with Gasteiger partial charge in [0.15, 0.2) is 0 Å². The zero-order valence-electron chi connectivity index (χ0n) is 3.20. The Morgan fingerprint density at radius 1 is 1.80 bits per heavy atom. The molecule has 0 saturated heterocycles. The lowest BCUT2D eigenvalue weighted by Crippen LogP contribution is -1.53. The van der Waals surface area contributed by atoms with E-state index >= 15 is 0 Å². The van der Waals surface area contributed by atoms with Gasteiger partial charge in [0, 0.05) is 0 Å². The van der Waals surface area contributed by atoms with Crippen LogP contribution in [0.15, 0.2) is 6.08 Å². The molecule has 0 aliphatic carbocycles. The van der Waals surface area contributed by atoms with Crippen molar-refractivity contribution in [3.63, 3.8) is 0 Å². The lowest BCUT2D eigenvalue weighted by Gasteiger charge is -1.72. The average molecular weight is 67.1 g/mol. The van der Waals surface area contributed by atoms with Crippen molar-refractivity contribution < 1.29 is 0 Å². The van der Waals surface area contributed by atoms with Crippen molar-refractivity contribution in [2.24, 2.45) is 0 Å². The van der Waals surface area contributed by atoms with Gasteiger partial charge >= 0.3 is 0 Å². The summed E-state index contributed by atoms with van der Waals surface area (Å²) in [6.07, 6.45) is 3.04. The maximum atomic E-state index is 6.44. The van der Waals surface area contributed by atoms with Gasteiger partial charge in [-0.1, -0.05) is 13.0 Å². The van der Waals surface area contributed by atoms with E-state index < -0.39 is 0 Å². The van der Waals surface area contributed by atoms with Crippen LogP contribution in [-0.2, 0) is 0 Å². The minimum Gasteiger partial charge on any atom is -0.0760 e. The SMILES string of the molecule is [C]=CCC[CH2]. The van der Waals surface area contributed by atoms with Gasteiger partial charge in [-0.3, -0.25) is 0 Å². The van der Waals surface area contributed by atoms with Crippen LogP contribution in [0, 0.1) is 13.5 Å². The second-order valence-electron chi connectivity index (χ2n) is 0.846. The molecule has 0 N–H and O–H groups in total. The van der Waals surface area contributed by atoms with Crippen LogP contribution in [0.4, 0.5) is 0 Å². The molecular weight excluding hydrogens is 60.1 g/mol. The smallest absolute Gasteiger partial charge is 0.0146 e. The second-order valence-corrected chi connectivity index (χ2v) is 0.846. The number of rotatable bonds is 2. The molecule has 0 aliphatic heterocycles. The van der Waals surface area contributed by atoms with Crippen molar-refractivity contribution in [2.75, 3.05) is 0 Å².